The SMILES string of the molecule is C[NH+](C)[C@H](CNC(=O)Cn1cnc2ccccc2c1=O)c1cccs1. The number of amides is 1. The summed E-state index contributed by atoms with van der Waals surface area (Å²) in [7, 11) is 4.13. The van der Waals surface area contributed by atoms with Crippen LogP contribution in [-0.4, -0.2) is 36.1 Å². The number of carbonyl (C=O) groups excluding carboxylic acids is 1. The molecule has 0 fully saturated rings. The van der Waals surface area contributed by atoms with Crippen LogP contribution in [0.15, 0.2) is 52.9 Å². The number of hydrogen-bond acceptors (Lipinski definition) is 4. The Bertz CT molecular complexity index is 918. The Kier molecular flexibility index (Phi) is 5.25. The van der Waals surface area contributed by atoms with E-state index in [4.69, 9.17) is 0 Å². The third kappa shape index (κ3) is 3.94. The van der Waals surface area contributed by atoms with Crippen molar-refractivity contribution in [2.45, 2.75) is 12.6 Å². The molecule has 2 aromatic heterocycles. The lowest BCUT2D eigenvalue weighted by atomic mass is 10.2. The maximum absolute atomic E-state index is 12.4. The van der Waals surface area contributed by atoms with Gasteiger partial charge in [0, 0.05) is 0 Å². The van der Waals surface area contributed by atoms with Crippen molar-refractivity contribution in [3.05, 3.63) is 63.3 Å². The lowest BCUT2D eigenvalue weighted by Crippen LogP contribution is -3.06. The quantitative estimate of drug-likeness (QED) is 0.674. The van der Waals surface area contributed by atoms with E-state index in [0.29, 0.717) is 17.4 Å². The van der Waals surface area contributed by atoms with Gasteiger partial charge in [0.1, 0.15) is 12.6 Å². The molecule has 0 aliphatic rings. The summed E-state index contributed by atoms with van der Waals surface area (Å²) in [5.74, 6) is -0.193. The van der Waals surface area contributed by atoms with E-state index in [0.717, 1.165) is 0 Å². The zero-order valence-electron chi connectivity index (χ0n) is 14.2. The average molecular weight is 357 g/mol. The van der Waals surface area contributed by atoms with Gasteiger partial charge in [0.25, 0.3) is 5.56 Å². The van der Waals surface area contributed by atoms with Crippen LogP contribution >= 0.6 is 11.3 Å². The molecule has 0 saturated heterocycles. The van der Waals surface area contributed by atoms with Gasteiger partial charge in [0.15, 0.2) is 0 Å². The highest BCUT2D eigenvalue weighted by atomic mass is 32.1. The molecule has 0 aliphatic carbocycles. The number of rotatable bonds is 6. The number of hydrogen-bond donors (Lipinski definition) is 2. The van der Waals surface area contributed by atoms with Crippen molar-refractivity contribution in [3.63, 3.8) is 0 Å². The van der Waals surface area contributed by atoms with Gasteiger partial charge in [-0.25, -0.2) is 4.98 Å². The van der Waals surface area contributed by atoms with Gasteiger partial charge in [-0.1, -0.05) is 18.2 Å². The fraction of sp³-hybridized carbons (Fsp3) is 0.278. The zero-order chi connectivity index (χ0) is 17.8. The fourth-order valence-electron chi connectivity index (χ4n) is 2.72. The van der Waals surface area contributed by atoms with Crippen LogP contribution in [0.4, 0.5) is 0 Å². The minimum atomic E-state index is -0.200. The van der Waals surface area contributed by atoms with Crippen LogP contribution in [0.5, 0.6) is 0 Å². The molecule has 130 valence electrons. The van der Waals surface area contributed by atoms with E-state index in [1.165, 1.54) is 20.7 Å². The van der Waals surface area contributed by atoms with E-state index in [9.17, 15) is 9.59 Å². The van der Waals surface area contributed by atoms with Gasteiger partial charge in [-0.05, 0) is 23.6 Å². The number of thiophene rings is 1. The molecule has 3 aromatic rings. The van der Waals surface area contributed by atoms with Gasteiger partial charge in [-0.3, -0.25) is 14.2 Å². The van der Waals surface area contributed by atoms with E-state index in [-0.39, 0.29) is 24.1 Å². The highest BCUT2D eigenvalue weighted by molar-refractivity contribution is 7.10. The number of nitrogens with zero attached hydrogens (tertiary/aromatic N) is 2. The highest BCUT2D eigenvalue weighted by Crippen LogP contribution is 2.15. The Morgan fingerprint density at radius 1 is 1.28 bits per heavy atom. The second kappa shape index (κ2) is 7.58. The number of likely N-dealkylation sites (N-methyl/N-ethyl adjacent to an activating group) is 1. The van der Waals surface area contributed by atoms with Gasteiger partial charge >= 0.3 is 0 Å². The second-order valence-corrected chi connectivity index (χ2v) is 7.12. The van der Waals surface area contributed by atoms with Crippen molar-refractivity contribution >= 4 is 28.1 Å². The van der Waals surface area contributed by atoms with E-state index in [1.807, 2.05) is 17.5 Å². The predicted octanol–water partition coefficient (Wildman–Crippen LogP) is 0.460. The average Bonchev–Trinajstić information content (AvgIpc) is 3.12. The van der Waals surface area contributed by atoms with Crippen LogP contribution in [0.2, 0.25) is 0 Å². The second-order valence-electron chi connectivity index (χ2n) is 6.14. The Labute approximate surface area is 149 Å². The highest BCUT2D eigenvalue weighted by Gasteiger charge is 2.19. The first kappa shape index (κ1) is 17.3. The monoisotopic (exact) mass is 357 g/mol. The summed E-state index contributed by atoms with van der Waals surface area (Å²) in [6.45, 7) is 0.494. The van der Waals surface area contributed by atoms with Crippen molar-refractivity contribution in [1.82, 2.24) is 14.9 Å². The van der Waals surface area contributed by atoms with Crippen molar-refractivity contribution in [2.75, 3.05) is 20.6 Å². The molecule has 1 atom stereocenters. The third-order valence-corrected chi connectivity index (χ3v) is 5.12. The predicted molar refractivity (Wildman–Crippen MR) is 98.9 cm³/mol. The van der Waals surface area contributed by atoms with Gasteiger partial charge in [-0.15, -0.1) is 11.3 Å². The maximum Gasteiger partial charge on any atom is 0.261 e. The van der Waals surface area contributed by atoms with E-state index in [1.54, 1.807) is 29.5 Å². The molecule has 2 heterocycles. The molecule has 0 unspecified atom stereocenters. The first-order chi connectivity index (χ1) is 12.1. The Hall–Kier alpha value is -2.51. The molecule has 1 amide bonds. The molecule has 1 aromatic carbocycles. The first-order valence-electron chi connectivity index (χ1n) is 8.10. The normalized spacial score (nSPS) is 12.4. The molecular weight excluding hydrogens is 336 g/mol. The molecule has 3 rings (SSSR count). The van der Waals surface area contributed by atoms with Crippen LogP contribution in [0.3, 0.4) is 0 Å². The lowest BCUT2D eigenvalue weighted by molar-refractivity contribution is -0.890. The Morgan fingerprint density at radius 2 is 2.08 bits per heavy atom. The van der Waals surface area contributed by atoms with Gasteiger partial charge < -0.3 is 10.2 Å². The lowest BCUT2D eigenvalue weighted by Gasteiger charge is -2.20. The van der Waals surface area contributed by atoms with Crippen LogP contribution in [0, 0.1) is 0 Å². The first-order valence-corrected chi connectivity index (χ1v) is 8.98. The molecule has 25 heavy (non-hydrogen) atoms. The van der Waals surface area contributed by atoms with Crippen LogP contribution < -0.4 is 15.8 Å². The molecule has 7 heteroatoms. The molecule has 0 saturated carbocycles. The number of nitrogens with one attached hydrogen (secondary N) is 2. The van der Waals surface area contributed by atoms with Crippen molar-refractivity contribution in [2.24, 2.45) is 0 Å². The van der Waals surface area contributed by atoms with Crippen molar-refractivity contribution in [3.8, 4) is 0 Å². The molecule has 0 bridgehead atoms. The van der Waals surface area contributed by atoms with E-state index in [2.05, 4.69) is 30.5 Å². The molecule has 2 N–H and O–H groups in total. The number of carbonyl (C=O) groups is 1. The topological polar surface area (TPSA) is 68.4 Å². The molecule has 6 nitrogen and oxygen atoms in total. The van der Waals surface area contributed by atoms with Crippen LogP contribution in [0.1, 0.15) is 10.9 Å². The minimum absolute atomic E-state index is 0.0312. The third-order valence-electron chi connectivity index (χ3n) is 4.13. The maximum atomic E-state index is 12.4. The Morgan fingerprint density at radius 3 is 2.80 bits per heavy atom. The summed E-state index contributed by atoms with van der Waals surface area (Å²) >= 11 is 1.68. The summed E-state index contributed by atoms with van der Waals surface area (Å²) in [5, 5.41) is 5.49. The van der Waals surface area contributed by atoms with Crippen LogP contribution in [0.25, 0.3) is 10.9 Å². The summed E-state index contributed by atoms with van der Waals surface area (Å²) < 4.78 is 1.35. The number of benzene rings is 1. The van der Waals surface area contributed by atoms with E-state index < -0.39 is 0 Å². The van der Waals surface area contributed by atoms with Crippen LogP contribution in [-0.2, 0) is 11.3 Å². The molecule has 0 radical (unpaired) electrons. The summed E-state index contributed by atoms with van der Waals surface area (Å²) in [5.41, 5.74) is 0.437. The van der Waals surface area contributed by atoms with E-state index >= 15 is 0 Å². The minimum Gasteiger partial charge on any atom is -0.348 e. The van der Waals surface area contributed by atoms with Gasteiger partial charge in [0.05, 0.1) is 42.7 Å². The molecular formula is C18H21N4O2S+. The number of quaternary nitrogens is 1. The fourth-order valence-corrected chi connectivity index (χ4v) is 3.68. The van der Waals surface area contributed by atoms with Gasteiger partial charge in [0.2, 0.25) is 5.91 Å². The van der Waals surface area contributed by atoms with Gasteiger partial charge in [-0.2, -0.15) is 0 Å². The summed E-state index contributed by atoms with van der Waals surface area (Å²) in [4.78, 5) is 31.4. The van der Waals surface area contributed by atoms with Crippen molar-refractivity contribution in [1.29, 1.82) is 0 Å². The standard InChI is InChI=1S/C18H20N4O2S/c1-21(2)15(16-8-5-9-25-16)10-19-17(23)11-22-12-20-14-7-4-3-6-13(14)18(22)24/h3-9,12,15H,10-11H2,1-2H3,(H,19,23)/p+1/t15-/m1/s1. The van der Waals surface area contributed by atoms with Crippen molar-refractivity contribution < 1.29 is 9.69 Å². The zero-order valence-corrected chi connectivity index (χ0v) is 15.0. The summed E-state index contributed by atoms with van der Waals surface area (Å²) in [6, 6.07) is 11.4. The number of aromatic nitrogens is 2. The largest absolute Gasteiger partial charge is 0.348 e. The number of fused-ring (bicyclic) bond motifs is 1. The molecule has 0 aliphatic heterocycles. The number of para-hydroxylation sites is 1. The molecule has 0 spiro atoms. The smallest absolute Gasteiger partial charge is 0.261 e. The summed E-state index contributed by atoms with van der Waals surface area (Å²) in [6.07, 6.45) is 1.43. The Balaban J connectivity index is 1.68.